The molecule has 0 bridgehead atoms. The first-order valence-corrected chi connectivity index (χ1v) is 3.78. The summed E-state index contributed by atoms with van der Waals surface area (Å²) in [4.78, 5) is 0. The van der Waals surface area contributed by atoms with E-state index in [9.17, 15) is 17.6 Å². The molecule has 70 valence electrons. The lowest BCUT2D eigenvalue weighted by Gasteiger charge is -2.22. The van der Waals surface area contributed by atoms with E-state index in [1.165, 1.54) is 0 Å². The Morgan fingerprint density at radius 2 is 2.08 bits per heavy atom. The monoisotopic (exact) mass is 182 g/mol. The number of alkyl halides is 4. The van der Waals surface area contributed by atoms with Crippen LogP contribution < -0.4 is 0 Å². The number of hydrogen-bond donors (Lipinski definition) is 0. The minimum atomic E-state index is -4.75. The second-order valence-corrected chi connectivity index (χ2v) is 3.16. The van der Waals surface area contributed by atoms with Gasteiger partial charge in [0.25, 0.3) is 0 Å². The summed E-state index contributed by atoms with van der Waals surface area (Å²) in [6.07, 6.45) is -3.95. The summed E-state index contributed by atoms with van der Waals surface area (Å²) in [6.45, 7) is 3.46. The van der Waals surface area contributed by atoms with Crippen LogP contribution in [0.4, 0.5) is 17.6 Å². The number of hydrogen-bond acceptors (Lipinski definition) is 0. The molecular weight excluding hydrogens is 172 g/mol. The highest BCUT2D eigenvalue weighted by Gasteiger charge is 2.59. The standard InChI is InChI=1S/C8H10F4/c1-2-6-3-4-7(9,5-6)8(10,11)12/h4,6H,1-3,5H2. The number of halogens is 4. The molecule has 0 aromatic carbocycles. The first kappa shape index (κ1) is 9.81. The average Bonchev–Trinajstić information content (AvgIpc) is 2.31. The minimum absolute atomic E-state index is 0.180. The molecule has 0 nitrogen and oxygen atoms in total. The lowest BCUT2D eigenvalue weighted by atomic mass is 10.0. The maximum atomic E-state index is 13.0. The Hall–Kier alpha value is -0.280. The Kier molecular flexibility index (Phi) is 2.36. The van der Waals surface area contributed by atoms with Crippen molar-refractivity contribution in [2.24, 2.45) is 5.92 Å². The van der Waals surface area contributed by atoms with E-state index in [-0.39, 0.29) is 12.3 Å². The van der Waals surface area contributed by atoms with Crippen LogP contribution in [0.15, 0.2) is 0 Å². The van der Waals surface area contributed by atoms with Crippen molar-refractivity contribution in [3.63, 3.8) is 0 Å². The van der Waals surface area contributed by atoms with Gasteiger partial charge in [0.15, 0.2) is 0 Å². The summed E-state index contributed by atoms with van der Waals surface area (Å²) in [6, 6.07) is 0. The van der Waals surface area contributed by atoms with Gasteiger partial charge in [-0.05, 0) is 18.8 Å². The van der Waals surface area contributed by atoms with Gasteiger partial charge >= 0.3 is 6.18 Å². The van der Waals surface area contributed by atoms with Crippen LogP contribution in [0.25, 0.3) is 0 Å². The second kappa shape index (κ2) is 2.89. The Labute approximate surface area is 69.0 Å². The fourth-order valence-corrected chi connectivity index (χ4v) is 1.39. The van der Waals surface area contributed by atoms with Gasteiger partial charge < -0.3 is 0 Å². The van der Waals surface area contributed by atoms with Crippen molar-refractivity contribution in [2.75, 3.05) is 0 Å². The summed E-state index contributed by atoms with van der Waals surface area (Å²) in [5, 5.41) is 0. The molecule has 12 heavy (non-hydrogen) atoms. The van der Waals surface area contributed by atoms with E-state index >= 15 is 0 Å². The molecule has 1 aliphatic carbocycles. The quantitative estimate of drug-likeness (QED) is 0.546. The Morgan fingerprint density at radius 3 is 2.33 bits per heavy atom. The average molecular weight is 182 g/mol. The maximum Gasteiger partial charge on any atom is 0.422 e. The third-order valence-electron chi connectivity index (χ3n) is 2.24. The van der Waals surface area contributed by atoms with Crippen LogP contribution in [0.2, 0.25) is 0 Å². The molecule has 1 fully saturated rings. The molecule has 0 saturated heterocycles. The fourth-order valence-electron chi connectivity index (χ4n) is 1.39. The molecule has 0 amide bonds. The summed E-state index contributed by atoms with van der Waals surface area (Å²) in [5.41, 5.74) is -3.06. The molecule has 1 aliphatic rings. The van der Waals surface area contributed by atoms with E-state index in [1.54, 1.807) is 0 Å². The molecular formula is C8H10F4. The molecule has 0 aromatic heterocycles. The van der Waals surface area contributed by atoms with Crippen LogP contribution in [0.3, 0.4) is 0 Å². The third-order valence-corrected chi connectivity index (χ3v) is 2.24. The van der Waals surface area contributed by atoms with Crippen LogP contribution >= 0.6 is 0 Å². The molecule has 0 aromatic rings. The minimum Gasteiger partial charge on any atom is -0.234 e. The van der Waals surface area contributed by atoms with Crippen LogP contribution in [0.1, 0.15) is 19.3 Å². The zero-order valence-electron chi connectivity index (χ0n) is 6.49. The summed E-state index contributed by atoms with van der Waals surface area (Å²) < 4.78 is 49.1. The predicted molar refractivity (Wildman–Crippen MR) is 36.9 cm³/mol. The topological polar surface area (TPSA) is 0 Å². The van der Waals surface area contributed by atoms with Crippen molar-refractivity contribution in [3.8, 4) is 0 Å². The molecule has 0 N–H and O–H groups in total. The molecule has 4 heteroatoms. The first-order chi connectivity index (χ1) is 5.39. The normalized spacial score (nSPS) is 37.2. The second-order valence-electron chi connectivity index (χ2n) is 3.16. The molecule has 1 saturated carbocycles. The van der Waals surface area contributed by atoms with Crippen molar-refractivity contribution in [2.45, 2.75) is 31.1 Å². The Morgan fingerprint density at radius 1 is 1.50 bits per heavy atom. The van der Waals surface area contributed by atoms with E-state index in [4.69, 9.17) is 0 Å². The van der Waals surface area contributed by atoms with Gasteiger partial charge in [-0.1, -0.05) is 13.3 Å². The highest BCUT2D eigenvalue weighted by molar-refractivity contribution is 5.07. The van der Waals surface area contributed by atoms with Gasteiger partial charge in [0, 0.05) is 6.42 Å². The summed E-state index contributed by atoms with van der Waals surface area (Å²) >= 11 is 0. The SMILES string of the molecule is [CH2]CC1C[CH]C(F)(C(F)(F)F)C1. The van der Waals surface area contributed by atoms with Crippen molar-refractivity contribution < 1.29 is 17.6 Å². The van der Waals surface area contributed by atoms with Gasteiger partial charge in [-0.15, -0.1) is 0 Å². The van der Waals surface area contributed by atoms with E-state index in [0.29, 0.717) is 6.42 Å². The van der Waals surface area contributed by atoms with Crippen LogP contribution in [0, 0.1) is 19.3 Å². The van der Waals surface area contributed by atoms with E-state index in [2.05, 4.69) is 6.92 Å². The van der Waals surface area contributed by atoms with Crippen LogP contribution in [-0.2, 0) is 0 Å². The van der Waals surface area contributed by atoms with Gasteiger partial charge in [0.1, 0.15) is 0 Å². The predicted octanol–water partition coefficient (Wildman–Crippen LogP) is 3.10. The highest BCUT2D eigenvalue weighted by Crippen LogP contribution is 2.48. The van der Waals surface area contributed by atoms with Crippen LogP contribution in [-0.4, -0.2) is 11.8 Å². The van der Waals surface area contributed by atoms with Gasteiger partial charge in [0.05, 0.1) is 0 Å². The zero-order valence-corrected chi connectivity index (χ0v) is 6.49. The molecule has 0 heterocycles. The largest absolute Gasteiger partial charge is 0.422 e. The van der Waals surface area contributed by atoms with Crippen molar-refractivity contribution in [1.29, 1.82) is 0 Å². The van der Waals surface area contributed by atoms with E-state index < -0.39 is 18.3 Å². The maximum absolute atomic E-state index is 13.0. The molecule has 0 aliphatic heterocycles. The van der Waals surface area contributed by atoms with Crippen LogP contribution in [0.5, 0.6) is 0 Å². The lowest BCUT2D eigenvalue weighted by molar-refractivity contribution is -0.216. The molecule has 1 rings (SSSR count). The molecule has 2 unspecified atom stereocenters. The van der Waals surface area contributed by atoms with Gasteiger partial charge in [-0.2, -0.15) is 13.2 Å². The van der Waals surface area contributed by atoms with E-state index in [0.717, 1.165) is 6.42 Å². The number of rotatable bonds is 1. The van der Waals surface area contributed by atoms with Gasteiger partial charge in [-0.25, -0.2) is 4.39 Å². The smallest absolute Gasteiger partial charge is 0.234 e. The van der Waals surface area contributed by atoms with Crippen molar-refractivity contribution >= 4 is 0 Å². The Balaban J connectivity index is 2.64. The molecule has 2 radical (unpaired) electrons. The lowest BCUT2D eigenvalue weighted by Crippen LogP contribution is -2.38. The first-order valence-electron chi connectivity index (χ1n) is 3.78. The fraction of sp³-hybridized carbons (Fsp3) is 0.750. The van der Waals surface area contributed by atoms with E-state index in [1.807, 2.05) is 0 Å². The van der Waals surface area contributed by atoms with Crippen molar-refractivity contribution in [3.05, 3.63) is 13.3 Å². The molecule has 0 spiro atoms. The summed E-state index contributed by atoms with van der Waals surface area (Å²) in [5.74, 6) is -0.253. The molecule has 2 atom stereocenters. The van der Waals surface area contributed by atoms with Gasteiger partial charge in [0.2, 0.25) is 5.67 Å². The highest BCUT2D eigenvalue weighted by atomic mass is 19.4. The zero-order chi connectivity index (χ0) is 9.41. The Bertz CT molecular complexity index is 163. The summed E-state index contributed by atoms with van der Waals surface area (Å²) in [7, 11) is 0. The van der Waals surface area contributed by atoms with Crippen molar-refractivity contribution in [1.82, 2.24) is 0 Å². The third kappa shape index (κ3) is 1.57. The van der Waals surface area contributed by atoms with Gasteiger partial charge in [-0.3, -0.25) is 0 Å².